The SMILES string of the molecule is COC(=O)C(c1ccc2c(c1)CCO2)N1CCNCC1. The first-order chi connectivity index (χ1) is 9.79. The predicted molar refractivity (Wildman–Crippen MR) is 74.8 cm³/mol. The lowest BCUT2D eigenvalue weighted by molar-refractivity contribution is -0.147. The highest BCUT2D eigenvalue weighted by molar-refractivity contribution is 5.77. The van der Waals surface area contributed by atoms with Crippen LogP contribution >= 0.6 is 0 Å². The van der Waals surface area contributed by atoms with Gasteiger partial charge in [-0.25, -0.2) is 4.79 Å². The zero-order valence-corrected chi connectivity index (χ0v) is 11.7. The van der Waals surface area contributed by atoms with E-state index in [1.54, 1.807) is 0 Å². The van der Waals surface area contributed by atoms with Crippen molar-refractivity contribution in [1.82, 2.24) is 10.2 Å². The lowest BCUT2D eigenvalue weighted by Crippen LogP contribution is -2.47. The second-order valence-corrected chi connectivity index (χ2v) is 5.18. The molecule has 0 amide bonds. The molecule has 1 fully saturated rings. The lowest BCUT2D eigenvalue weighted by atomic mass is 10.0. The molecule has 2 aliphatic rings. The number of hydrogen-bond acceptors (Lipinski definition) is 5. The monoisotopic (exact) mass is 276 g/mol. The number of nitrogens with one attached hydrogen (secondary N) is 1. The predicted octanol–water partition coefficient (Wildman–Crippen LogP) is 0.741. The van der Waals surface area contributed by atoms with E-state index in [0.29, 0.717) is 0 Å². The van der Waals surface area contributed by atoms with Crippen molar-refractivity contribution in [2.24, 2.45) is 0 Å². The number of ether oxygens (including phenoxy) is 2. The Morgan fingerprint density at radius 2 is 2.20 bits per heavy atom. The third-order valence-electron chi connectivity index (χ3n) is 3.97. The van der Waals surface area contributed by atoms with Crippen molar-refractivity contribution < 1.29 is 14.3 Å². The van der Waals surface area contributed by atoms with E-state index < -0.39 is 0 Å². The zero-order valence-electron chi connectivity index (χ0n) is 11.7. The Balaban J connectivity index is 1.90. The van der Waals surface area contributed by atoms with Gasteiger partial charge in [0.2, 0.25) is 0 Å². The van der Waals surface area contributed by atoms with Crippen molar-refractivity contribution in [1.29, 1.82) is 0 Å². The van der Waals surface area contributed by atoms with Gasteiger partial charge in [0.25, 0.3) is 0 Å². The van der Waals surface area contributed by atoms with Gasteiger partial charge in [0.05, 0.1) is 13.7 Å². The molecule has 1 unspecified atom stereocenters. The van der Waals surface area contributed by atoms with Crippen molar-refractivity contribution >= 4 is 5.97 Å². The van der Waals surface area contributed by atoms with Crippen molar-refractivity contribution in [3.05, 3.63) is 29.3 Å². The molecule has 0 bridgehead atoms. The first kappa shape index (κ1) is 13.4. The molecule has 2 aliphatic heterocycles. The number of nitrogens with zero attached hydrogens (tertiary/aromatic N) is 1. The molecule has 1 saturated heterocycles. The van der Waals surface area contributed by atoms with Crippen LogP contribution in [0.2, 0.25) is 0 Å². The van der Waals surface area contributed by atoms with E-state index in [9.17, 15) is 4.79 Å². The third kappa shape index (κ3) is 2.51. The fourth-order valence-electron chi connectivity index (χ4n) is 2.92. The van der Waals surface area contributed by atoms with Crippen molar-refractivity contribution in [2.45, 2.75) is 12.5 Å². The Labute approximate surface area is 118 Å². The van der Waals surface area contributed by atoms with Crippen LogP contribution in [0.5, 0.6) is 5.75 Å². The van der Waals surface area contributed by atoms with E-state index in [0.717, 1.165) is 50.5 Å². The Bertz CT molecular complexity index is 498. The maximum absolute atomic E-state index is 12.2. The Morgan fingerprint density at radius 1 is 1.40 bits per heavy atom. The number of carbonyl (C=O) groups is 1. The highest BCUT2D eigenvalue weighted by atomic mass is 16.5. The number of carbonyl (C=O) groups excluding carboxylic acids is 1. The molecule has 0 radical (unpaired) electrons. The Hall–Kier alpha value is -1.59. The molecule has 108 valence electrons. The molecule has 5 nitrogen and oxygen atoms in total. The molecular formula is C15H20N2O3. The summed E-state index contributed by atoms with van der Waals surface area (Å²) in [6.07, 6.45) is 0.915. The van der Waals surface area contributed by atoms with Gasteiger partial charge in [-0.1, -0.05) is 6.07 Å². The van der Waals surface area contributed by atoms with E-state index in [1.165, 1.54) is 12.7 Å². The van der Waals surface area contributed by atoms with Crippen LogP contribution in [-0.2, 0) is 16.0 Å². The van der Waals surface area contributed by atoms with Crippen LogP contribution in [0, 0.1) is 0 Å². The number of fused-ring (bicyclic) bond motifs is 1. The topological polar surface area (TPSA) is 50.8 Å². The number of benzene rings is 1. The van der Waals surface area contributed by atoms with Gasteiger partial charge < -0.3 is 14.8 Å². The first-order valence-corrected chi connectivity index (χ1v) is 7.08. The molecule has 3 rings (SSSR count). The summed E-state index contributed by atoms with van der Waals surface area (Å²) in [5, 5.41) is 3.31. The number of rotatable bonds is 3. The fourth-order valence-corrected chi connectivity index (χ4v) is 2.92. The van der Waals surface area contributed by atoms with Gasteiger partial charge in [-0.2, -0.15) is 0 Å². The molecular weight excluding hydrogens is 256 g/mol. The summed E-state index contributed by atoms with van der Waals surface area (Å²) in [5.74, 6) is 0.753. The van der Waals surface area contributed by atoms with Crippen LogP contribution in [0.1, 0.15) is 17.2 Å². The van der Waals surface area contributed by atoms with Crippen molar-refractivity contribution in [2.75, 3.05) is 39.9 Å². The lowest BCUT2D eigenvalue weighted by Gasteiger charge is -2.33. The average molecular weight is 276 g/mol. The minimum absolute atomic E-state index is 0.189. The summed E-state index contributed by atoms with van der Waals surface area (Å²) in [7, 11) is 1.45. The van der Waals surface area contributed by atoms with E-state index >= 15 is 0 Å². The summed E-state index contributed by atoms with van der Waals surface area (Å²) < 4.78 is 10.5. The van der Waals surface area contributed by atoms with Crippen LogP contribution in [0.15, 0.2) is 18.2 Å². The smallest absolute Gasteiger partial charge is 0.327 e. The van der Waals surface area contributed by atoms with Gasteiger partial charge in [-0.05, 0) is 23.3 Å². The Morgan fingerprint density at radius 3 is 2.95 bits per heavy atom. The average Bonchev–Trinajstić information content (AvgIpc) is 2.96. The summed E-state index contributed by atoms with van der Waals surface area (Å²) in [6, 6.07) is 5.73. The van der Waals surface area contributed by atoms with Gasteiger partial charge in [-0.3, -0.25) is 4.90 Å². The van der Waals surface area contributed by atoms with Gasteiger partial charge in [0.1, 0.15) is 11.8 Å². The minimum Gasteiger partial charge on any atom is -0.493 e. The highest BCUT2D eigenvalue weighted by Gasteiger charge is 2.30. The number of methoxy groups -OCH3 is 1. The molecule has 1 N–H and O–H groups in total. The largest absolute Gasteiger partial charge is 0.493 e. The fraction of sp³-hybridized carbons (Fsp3) is 0.533. The molecule has 2 heterocycles. The molecule has 1 aromatic rings. The molecule has 0 spiro atoms. The summed E-state index contributed by atoms with van der Waals surface area (Å²) >= 11 is 0. The maximum Gasteiger partial charge on any atom is 0.327 e. The first-order valence-electron chi connectivity index (χ1n) is 7.08. The highest BCUT2D eigenvalue weighted by Crippen LogP contribution is 2.31. The number of esters is 1. The standard InChI is InChI=1S/C15H20N2O3/c1-19-15(18)14(17-7-5-16-6-8-17)12-2-3-13-11(10-12)4-9-20-13/h2-3,10,14,16H,4-9H2,1H3. The summed E-state index contributed by atoms with van der Waals surface area (Å²) in [5.41, 5.74) is 2.19. The van der Waals surface area contributed by atoms with Gasteiger partial charge >= 0.3 is 5.97 Å². The second-order valence-electron chi connectivity index (χ2n) is 5.18. The molecule has 0 aromatic heterocycles. The van der Waals surface area contributed by atoms with Crippen LogP contribution in [-0.4, -0.2) is 50.8 Å². The number of hydrogen-bond donors (Lipinski definition) is 1. The van der Waals surface area contributed by atoms with E-state index in [1.807, 2.05) is 12.1 Å². The molecule has 1 atom stereocenters. The second kappa shape index (κ2) is 5.81. The van der Waals surface area contributed by atoms with Gasteiger partial charge in [0, 0.05) is 32.6 Å². The molecule has 1 aromatic carbocycles. The zero-order chi connectivity index (χ0) is 13.9. The van der Waals surface area contributed by atoms with Gasteiger partial charge in [-0.15, -0.1) is 0 Å². The normalized spacial score (nSPS) is 20.1. The van der Waals surface area contributed by atoms with Crippen LogP contribution in [0.4, 0.5) is 0 Å². The molecule has 0 aliphatic carbocycles. The molecule has 0 saturated carbocycles. The third-order valence-corrected chi connectivity index (χ3v) is 3.97. The maximum atomic E-state index is 12.2. The van der Waals surface area contributed by atoms with Crippen LogP contribution in [0.25, 0.3) is 0 Å². The molecule has 20 heavy (non-hydrogen) atoms. The van der Waals surface area contributed by atoms with Crippen molar-refractivity contribution in [3.8, 4) is 5.75 Å². The van der Waals surface area contributed by atoms with E-state index in [-0.39, 0.29) is 12.0 Å². The van der Waals surface area contributed by atoms with E-state index in [4.69, 9.17) is 9.47 Å². The molecule has 5 heteroatoms. The minimum atomic E-state index is -0.312. The van der Waals surface area contributed by atoms with Crippen LogP contribution in [0.3, 0.4) is 0 Å². The summed E-state index contributed by atoms with van der Waals surface area (Å²) in [4.78, 5) is 14.4. The van der Waals surface area contributed by atoms with Crippen molar-refractivity contribution in [3.63, 3.8) is 0 Å². The number of piperazine rings is 1. The van der Waals surface area contributed by atoms with Crippen LogP contribution < -0.4 is 10.1 Å². The summed E-state index contributed by atoms with van der Waals surface area (Å²) in [6.45, 7) is 4.25. The quantitative estimate of drug-likeness (QED) is 0.825. The van der Waals surface area contributed by atoms with E-state index in [2.05, 4.69) is 16.3 Å². The Kier molecular flexibility index (Phi) is 3.89. The van der Waals surface area contributed by atoms with Gasteiger partial charge in [0.15, 0.2) is 0 Å².